The molecule has 0 bridgehead atoms. The number of ether oxygens (including phenoxy) is 1. The van der Waals surface area contributed by atoms with Crippen LogP contribution in [0.15, 0.2) is 24.3 Å². The summed E-state index contributed by atoms with van der Waals surface area (Å²) in [5.41, 5.74) is 2.27. The van der Waals surface area contributed by atoms with Gasteiger partial charge < -0.3 is 15.0 Å². The van der Waals surface area contributed by atoms with E-state index in [1.54, 1.807) is 4.90 Å². The lowest BCUT2D eigenvalue weighted by atomic mass is 10.1. The number of amides is 1. The predicted molar refractivity (Wildman–Crippen MR) is 75.1 cm³/mol. The third kappa shape index (κ3) is 4.33. The normalized spacial score (nSPS) is 19.2. The minimum atomic E-state index is 0.112. The van der Waals surface area contributed by atoms with E-state index in [0.717, 1.165) is 25.3 Å². The van der Waals surface area contributed by atoms with Gasteiger partial charge in [-0.15, -0.1) is 0 Å². The molecule has 1 aliphatic heterocycles. The van der Waals surface area contributed by atoms with E-state index in [-0.39, 0.29) is 12.0 Å². The molecule has 2 rings (SSSR count). The van der Waals surface area contributed by atoms with Gasteiger partial charge in [-0.2, -0.15) is 0 Å². The van der Waals surface area contributed by atoms with Gasteiger partial charge in [0.25, 0.3) is 0 Å². The van der Waals surface area contributed by atoms with Gasteiger partial charge in [-0.25, -0.2) is 0 Å². The van der Waals surface area contributed by atoms with E-state index >= 15 is 0 Å². The molecular formula is C15H22N2O2. The monoisotopic (exact) mass is 262 g/mol. The molecule has 4 heteroatoms. The lowest BCUT2D eigenvalue weighted by Gasteiger charge is -2.28. The second-order valence-corrected chi connectivity index (χ2v) is 5.13. The van der Waals surface area contributed by atoms with E-state index in [2.05, 4.69) is 5.32 Å². The Morgan fingerprint density at radius 2 is 2.16 bits per heavy atom. The van der Waals surface area contributed by atoms with Crippen molar-refractivity contribution in [2.75, 3.05) is 33.3 Å². The van der Waals surface area contributed by atoms with Gasteiger partial charge in [0.1, 0.15) is 0 Å². The average molecular weight is 262 g/mol. The molecule has 1 aromatic carbocycles. The van der Waals surface area contributed by atoms with Gasteiger partial charge in [0.15, 0.2) is 0 Å². The number of hydrogen-bond donors (Lipinski definition) is 1. The number of aryl methyl sites for hydroxylation is 1. The Morgan fingerprint density at radius 1 is 1.42 bits per heavy atom. The third-order valence-corrected chi connectivity index (χ3v) is 3.38. The molecule has 0 radical (unpaired) electrons. The van der Waals surface area contributed by atoms with Crippen molar-refractivity contribution in [1.29, 1.82) is 0 Å². The lowest BCUT2D eigenvalue weighted by Crippen LogP contribution is -2.46. The molecule has 0 aromatic heterocycles. The van der Waals surface area contributed by atoms with E-state index in [4.69, 9.17) is 4.74 Å². The van der Waals surface area contributed by atoms with Crippen molar-refractivity contribution in [2.24, 2.45) is 0 Å². The minimum absolute atomic E-state index is 0.112. The lowest BCUT2D eigenvalue weighted by molar-refractivity contribution is -0.131. The quantitative estimate of drug-likeness (QED) is 0.879. The van der Waals surface area contributed by atoms with Crippen molar-refractivity contribution in [3.8, 4) is 0 Å². The van der Waals surface area contributed by atoms with Gasteiger partial charge in [0.05, 0.1) is 19.1 Å². The van der Waals surface area contributed by atoms with Gasteiger partial charge in [0.2, 0.25) is 5.91 Å². The van der Waals surface area contributed by atoms with E-state index in [1.807, 2.05) is 38.2 Å². The van der Waals surface area contributed by atoms with Crippen LogP contribution in [-0.4, -0.2) is 50.2 Å². The summed E-state index contributed by atoms with van der Waals surface area (Å²) in [5, 5.41) is 3.27. The number of carbonyl (C=O) groups is 1. The van der Waals surface area contributed by atoms with Crippen LogP contribution in [0, 0.1) is 6.92 Å². The summed E-state index contributed by atoms with van der Waals surface area (Å²) in [6.07, 6.45) is 0.567. The Hall–Kier alpha value is -1.39. The summed E-state index contributed by atoms with van der Waals surface area (Å²) in [4.78, 5) is 13.9. The molecule has 1 atom stereocenters. The van der Waals surface area contributed by atoms with Gasteiger partial charge in [-0.3, -0.25) is 4.79 Å². The first kappa shape index (κ1) is 14.0. The van der Waals surface area contributed by atoms with Crippen LogP contribution < -0.4 is 5.32 Å². The summed E-state index contributed by atoms with van der Waals surface area (Å²) in [6, 6.07) is 8.10. The van der Waals surface area contributed by atoms with E-state index in [9.17, 15) is 4.79 Å². The second-order valence-electron chi connectivity index (χ2n) is 5.13. The molecule has 0 spiro atoms. The molecule has 19 heavy (non-hydrogen) atoms. The largest absolute Gasteiger partial charge is 0.374 e. The molecule has 104 valence electrons. The Bertz CT molecular complexity index is 411. The maximum Gasteiger partial charge on any atom is 0.226 e. The minimum Gasteiger partial charge on any atom is -0.374 e. The van der Waals surface area contributed by atoms with Crippen LogP contribution in [0.3, 0.4) is 0 Å². The molecule has 1 aromatic rings. The van der Waals surface area contributed by atoms with Crippen LogP contribution >= 0.6 is 0 Å². The van der Waals surface area contributed by atoms with Crippen molar-refractivity contribution in [3.63, 3.8) is 0 Å². The fourth-order valence-electron chi connectivity index (χ4n) is 2.16. The topological polar surface area (TPSA) is 41.6 Å². The SMILES string of the molecule is Cc1ccc(CC(=O)N(C)CC2CNCCO2)cc1. The number of carbonyl (C=O) groups excluding carboxylic acids is 1. The molecule has 0 saturated carbocycles. The number of rotatable bonds is 4. The maximum absolute atomic E-state index is 12.1. The van der Waals surface area contributed by atoms with Gasteiger partial charge >= 0.3 is 0 Å². The summed E-state index contributed by atoms with van der Waals surface area (Å²) < 4.78 is 5.61. The van der Waals surface area contributed by atoms with Gasteiger partial charge in [-0.1, -0.05) is 29.8 Å². The van der Waals surface area contributed by atoms with Crippen LogP contribution in [0.2, 0.25) is 0 Å². The highest BCUT2D eigenvalue weighted by Crippen LogP contribution is 2.06. The maximum atomic E-state index is 12.1. The number of nitrogens with zero attached hydrogens (tertiary/aromatic N) is 1. The highest BCUT2D eigenvalue weighted by molar-refractivity contribution is 5.78. The molecule has 0 aliphatic carbocycles. The Morgan fingerprint density at radius 3 is 2.79 bits per heavy atom. The van der Waals surface area contributed by atoms with Crippen molar-refractivity contribution >= 4 is 5.91 Å². The first-order valence-corrected chi connectivity index (χ1v) is 6.77. The summed E-state index contributed by atoms with van der Waals surface area (Å²) in [6.45, 7) is 5.15. The van der Waals surface area contributed by atoms with Crippen LogP contribution in [0.5, 0.6) is 0 Å². The standard InChI is InChI=1S/C15H22N2O2/c1-12-3-5-13(6-4-12)9-15(18)17(2)11-14-10-16-7-8-19-14/h3-6,14,16H,7-11H2,1-2H3. The Balaban J connectivity index is 1.83. The molecule has 1 aliphatic rings. The zero-order chi connectivity index (χ0) is 13.7. The molecule has 1 N–H and O–H groups in total. The number of likely N-dealkylation sites (N-methyl/N-ethyl adjacent to an activating group) is 1. The fourth-order valence-corrected chi connectivity index (χ4v) is 2.16. The highest BCUT2D eigenvalue weighted by Gasteiger charge is 2.18. The molecule has 4 nitrogen and oxygen atoms in total. The molecule has 1 saturated heterocycles. The first-order valence-electron chi connectivity index (χ1n) is 6.77. The Labute approximate surface area is 114 Å². The zero-order valence-electron chi connectivity index (χ0n) is 11.7. The summed E-state index contributed by atoms with van der Waals surface area (Å²) in [7, 11) is 1.84. The molecule has 1 amide bonds. The summed E-state index contributed by atoms with van der Waals surface area (Å²) >= 11 is 0. The number of nitrogens with one attached hydrogen (secondary N) is 1. The van der Waals surface area contributed by atoms with Crippen LogP contribution in [0.4, 0.5) is 0 Å². The van der Waals surface area contributed by atoms with Crippen LogP contribution in [0.25, 0.3) is 0 Å². The Kier molecular flexibility index (Phi) is 4.93. The van der Waals surface area contributed by atoms with Crippen LogP contribution in [0.1, 0.15) is 11.1 Å². The smallest absolute Gasteiger partial charge is 0.226 e. The van der Waals surface area contributed by atoms with E-state index in [0.29, 0.717) is 13.0 Å². The average Bonchev–Trinajstić information content (AvgIpc) is 2.42. The third-order valence-electron chi connectivity index (χ3n) is 3.38. The van der Waals surface area contributed by atoms with Crippen molar-refractivity contribution in [2.45, 2.75) is 19.4 Å². The van der Waals surface area contributed by atoms with E-state index < -0.39 is 0 Å². The molecule has 1 fully saturated rings. The van der Waals surface area contributed by atoms with E-state index in [1.165, 1.54) is 5.56 Å². The van der Waals surface area contributed by atoms with Crippen molar-refractivity contribution in [1.82, 2.24) is 10.2 Å². The predicted octanol–water partition coefficient (Wildman–Crippen LogP) is 0.984. The summed E-state index contributed by atoms with van der Waals surface area (Å²) in [5.74, 6) is 0.137. The molecule has 1 unspecified atom stereocenters. The van der Waals surface area contributed by atoms with Crippen molar-refractivity contribution < 1.29 is 9.53 Å². The zero-order valence-corrected chi connectivity index (χ0v) is 11.7. The molecular weight excluding hydrogens is 240 g/mol. The highest BCUT2D eigenvalue weighted by atomic mass is 16.5. The van der Waals surface area contributed by atoms with Crippen LogP contribution in [-0.2, 0) is 16.0 Å². The van der Waals surface area contributed by atoms with Crippen molar-refractivity contribution in [3.05, 3.63) is 35.4 Å². The first-order chi connectivity index (χ1) is 9.15. The second kappa shape index (κ2) is 6.68. The number of morpholine rings is 1. The van der Waals surface area contributed by atoms with Gasteiger partial charge in [-0.05, 0) is 12.5 Å². The number of hydrogen-bond acceptors (Lipinski definition) is 3. The number of benzene rings is 1. The van der Waals surface area contributed by atoms with Gasteiger partial charge in [0, 0.05) is 26.7 Å². The fraction of sp³-hybridized carbons (Fsp3) is 0.533. The molecule has 1 heterocycles.